The largest absolute Gasteiger partial charge is 0.496 e. The van der Waals surface area contributed by atoms with Crippen molar-refractivity contribution in [2.45, 2.75) is 0 Å². The minimum atomic E-state index is -3.87. The van der Waals surface area contributed by atoms with Gasteiger partial charge in [-0.05, 0) is 18.2 Å². The summed E-state index contributed by atoms with van der Waals surface area (Å²) in [5.41, 5.74) is 0.468. The predicted octanol–water partition coefficient (Wildman–Crippen LogP) is 3.03. The number of rotatable bonds is 8. The SMILES string of the molecule is COc1cc(OC)c(C=CS(=O)(=O)Nc2ccc([N+](=O)[O-])cc2)c(OC)c1. The van der Waals surface area contributed by atoms with Crippen molar-refractivity contribution in [2.24, 2.45) is 0 Å². The smallest absolute Gasteiger partial charge is 0.269 e. The standard InChI is InChI=1S/C17H18N2O7S/c1-24-14-10-16(25-2)15(17(11-14)26-3)8-9-27(22,23)18-12-4-6-13(7-5-12)19(20)21/h4-11,18H,1-3H3. The van der Waals surface area contributed by atoms with Crippen molar-refractivity contribution in [3.63, 3.8) is 0 Å². The third-order valence-corrected chi connectivity index (χ3v) is 4.52. The molecule has 2 rings (SSSR count). The number of nitro groups is 1. The van der Waals surface area contributed by atoms with Crippen LogP contribution in [0.25, 0.3) is 6.08 Å². The fourth-order valence-corrected chi connectivity index (χ4v) is 3.05. The first-order valence-corrected chi connectivity index (χ1v) is 9.09. The lowest BCUT2D eigenvalue weighted by Crippen LogP contribution is -2.08. The first-order chi connectivity index (χ1) is 12.8. The maximum atomic E-state index is 12.3. The van der Waals surface area contributed by atoms with Crippen LogP contribution in [0.4, 0.5) is 11.4 Å². The molecule has 0 radical (unpaired) electrons. The molecule has 0 bridgehead atoms. The third-order valence-electron chi connectivity index (χ3n) is 3.51. The minimum Gasteiger partial charge on any atom is -0.496 e. The Kier molecular flexibility index (Phi) is 6.24. The van der Waals surface area contributed by atoms with E-state index in [2.05, 4.69) is 4.72 Å². The van der Waals surface area contributed by atoms with Crippen molar-refractivity contribution in [3.8, 4) is 17.2 Å². The molecule has 0 unspecified atom stereocenters. The van der Waals surface area contributed by atoms with Gasteiger partial charge in [-0.1, -0.05) is 0 Å². The van der Waals surface area contributed by atoms with Crippen LogP contribution in [-0.2, 0) is 10.0 Å². The van der Waals surface area contributed by atoms with E-state index >= 15 is 0 Å². The number of nitro benzene ring substituents is 1. The average Bonchev–Trinajstić information content (AvgIpc) is 2.65. The number of hydrogen-bond acceptors (Lipinski definition) is 7. The Morgan fingerprint density at radius 2 is 1.56 bits per heavy atom. The molecule has 10 heteroatoms. The Labute approximate surface area is 156 Å². The summed E-state index contributed by atoms with van der Waals surface area (Å²) in [6, 6.07) is 8.21. The normalized spacial score (nSPS) is 11.2. The molecule has 9 nitrogen and oxygen atoms in total. The van der Waals surface area contributed by atoms with E-state index in [4.69, 9.17) is 14.2 Å². The summed E-state index contributed by atoms with van der Waals surface area (Å²) in [7, 11) is 0.493. The fraction of sp³-hybridized carbons (Fsp3) is 0.176. The van der Waals surface area contributed by atoms with E-state index in [0.717, 1.165) is 5.41 Å². The van der Waals surface area contributed by atoms with E-state index in [9.17, 15) is 18.5 Å². The summed E-state index contributed by atoms with van der Waals surface area (Å²) in [5, 5.41) is 11.6. The molecule has 0 aliphatic rings. The van der Waals surface area contributed by atoms with Gasteiger partial charge in [0.05, 0.1) is 37.2 Å². The highest BCUT2D eigenvalue weighted by Crippen LogP contribution is 2.35. The maximum Gasteiger partial charge on any atom is 0.269 e. The highest BCUT2D eigenvalue weighted by atomic mass is 32.2. The first kappa shape index (κ1) is 20.0. The molecule has 2 aromatic rings. The van der Waals surface area contributed by atoms with E-state index in [-0.39, 0.29) is 11.4 Å². The molecule has 2 aromatic carbocycles. The summed E-state index contributed by atoms with van der Waals surface area (Å²) in [4.78, 5) is 10.1. The van der Waals surface area contributed by atoms with Gasteiger partial charge in [-0.15, -0.1) is 0 Å². The van der Waals surface area contributed by atoms with Gasteiger partial charge in [0.25, 0.3) is 15.7 Å². The average molecular weight is 394 g/mol. The summed E-state index contributed by atoms with van der Waals surface area (Å²) in [5.74, 6) is 1.23. The van der Waals surface area contributed by atoms with Gasteiger partial charge in [0, 0.05) is 30.0 Å². The van der Waals surface area contributed by atoms with Crippen LogP contribution in [0.2, 0.25) is 0 Å². The third kappa shape index (κ3) is 5.11. The molecular weight excluding hydrogens is 376 g/mol. The number of sulfonamides is 1. The Bertz CT molecular complexity index is 929. The van der Waals surface area contributed by atoms with Crippen molar-refractivity contribution in [3.05, 3.63) is 57.5 Å². The minimum absolute atomic E-state index is 0.138. The summed E-state index contributed by atoms with van der Waals surface area (Å²) in [6.45, 7) is 0. The second-order valence-electron chi connectivity index (χ2n) is 5.20. The molecule has 0 saturated carbocycles. The van der Waals surface area contributed by atoms with E-state index in [1.54, 1.807) is 12.1 Å². The highest BCUT2D eigenvalue weighted by molar-refractivity contribution is 7.95. The Morgan fingerprint density at radius 3 is 2.00 bits per heavy atom. The fourth-order valence-electron chi connectivity index (χ4n) is 2.20. The van der Waals surface area contributed by atoms with Crippen molar-refractivity contribution in [2.75, 3.05) is 26.1 Å². The molecule has 0 aromatic heterocycles. The zero-order chi connectivity index (χ0) is 20.0. The van der Waals surface area contributed by atoms with Gasteiger partial charge >= 0.3 is 0 Å². The molecule has 0 amide bonds. The molecule has 1 N–H and O–H groups in total. The molecule has 144 valence electrons. The second-order valence-corrected chi connectivity index (χ2v) is 6.77. The quantitative estimate of drug-likeness (QED) is 0.540. The van der Waals surface area contributed by atoms with Gasteiger partial charge in [-0.3, -0.25) is 14.8 Å². The summed E-state index contributed by atoms with van der Waals surface area (Å²) >= 11 is 0. The predicted molar refractivity (Wildman–Crippen MR) is 101 cm³/mol. The van der Waals surface area contributed by atoms with E-state index in [0.29, 0.717) is 22.8 Å². The summed E-state index contributed by atoms with van der Waals surface area (Å²) < 4.78 is 42.5. The van der Waals surface area contributed by atoms with E-state index in [1.165, 1.54) is 51.7 Å². The molecule has 0 atom stereocenters. The number of nitrogens with zero attached hydrogens (tertiary/aromatic N) is 1. The number of hydrogen-bond donors (Lipinski definition) is 1. The van der Waals surface area contributed by atoms with Crippen molar-refractivity contribution in [1.82, 2.24) is 0 Å². The van der Waals surface area contributed by atoms with Crippen LogP contribution in [0.5, 0.6) is 17.2 Å². The maximum absolute atomic E-state index is 12.3. The van der Waals surface area contributed by atoms with E-state index < -0.39 is 14.9 Å². The van der Waals surface area contributed by atoms with Crippen molar-refractivity contribution in [1.29, 1.82) is 0 Å². The lowest BCUT2D eigenvalue weighted by Gasteiger charge is -2.12. The first-order valence-electron chi connectivity index (χ1n) is 7.55. The molecular formula is C17H18N2O7S. The topological polar surface area (TPSA) is 117 Å². The van der Waals surface area contributed by atoms with Crippen LogP contribution in [0, 0.1) is 10.1 Å². The Morgan fingerprint density at radius 1 is 1.00 bits per heavy atom. The second kappa shape index (κ2) is 8.41. The number of anilines is 1. The van der Waals surface area contributed by atoms with Crippen LogP contribution in [0.3, 0.4) is 0 Å². The zero-order valence-corrected chi connectivity index (χ0v) is 15.6. The number of methoxy groups -OCH3 is 3. The Balaban J connectivity index is 2.29. The van der Waals surface area contributed by atoms with E-state index in [1.807, 2.05) is 0 Å². The van der Waals surface area contributed by atoms with Crippen molar-refractivity contribution >= 4 is 27.5 Å². The zero-order valence-electron chi connectivity index (χ0n) is 14.8. The molecule has 27 heavy (non-hydrogen) atoms. The number of benzene rings is 2. The molecule has 0 spiro atoms. The number of ether oxygens (including phenoxy) is 3. The van der Waals surface area contributed by atoms with Crippen LogP contribution in [0.15, 0.2) is 41.8 Å². The monoisotopic (exact) mass is 394 g/mol. The lowest BCUT2D eigenvalue weighted by atomic mass is 10.1. The molecule has 0 saturated heterocycles. The van der Waals surface area contributed by atoms with Gasteiger partial charge in [0.2, 0.25) is 0 Å². The molecule has 0 aliphatic heterocycles. The summed E-state index contributed by atoms with van der Waals surface area (Å²) in [6.07, 6.45) is 1.32. The number of non-ortho nitro benzene ring substituents is 1. The van der Waals surface area contributed by atoms with Gasteiger partial charge in [-0.25, -0.2) is 8.42 Å². The van der Waals surface area contributed by atoms with Crippen LogP contribution >= 0.6 is 0 Å². The van der Waals surface area contributed by atoms with Gasteiger partial charge in [-0.2, -0.15) is 0 Å². The van der Waals surface area contributed by atoms with Gasteiger partial charge < -0.3 is 14.2 Å². The number of nitrogens with one attached hydrogen (secondary N) is 1. The van der Waals surface area contributed by atoms with Crippen LogP contribution in [-0.4, -0.2) is 34.7 Å². The van der Waals surface area contributed by atoms with Gasteiger partial charge in [0.1, 0.15) is 17.2 Å². The highest BCUT2D eigenvalue weighted by Gasteiger charge is 2.13. The molecule has 0 fully saturated rings. The molecule has 0 heterocycles. The van der Waals surface area contributed by atoms with Crippen LogP contribution < -0.4 is 18.9 Å². The van der Waals surface area contributed by atoms with Gasteiger partial charge in [0.15, 0.2) is 0 Å². The van der Waals surface area contributed by atoms with Crippen molar-refractivity contribution < 1.29 is 27.6 Å². The van der Waals surface area contributed by atoms with Crippen LogP contribution in [0.1, 0.15) is 5.56 Å². The Hall–Kier alpha value is -3.27. The lowest BCUT2D eigenvalue weighted by molar-refractivity contribution is -0.384. The molecule has 0 aliphatic carbocycles.